The van der Waals surface area contributed by atoms with Crippen LogP contribution in [0.1, 0.15) is 38.7 Å². The van der Waals surface area contributed by atoms with Crippen molar-refractivity contribution in [2.24, 2.45) is 0 Å². The first-order valence-corrected chi connectivity index (χ1v) is 7.37. The summed E-state index contributed by atoms with van der Waals surface area (Å²) in [4.78, 5) is 0. The Kier molecular flexibility index (Phi) is 9.11. The van der Waals surface area contributed by atoms with Crippen LogP contribution in [0, 0.1) is 0 Å². The molecule has 0 heterocycles. The van der Waals surface area contributed by atoms with Crippen LogP contribution in [0.15, 0.2) is 24.3 Å². The van der Waals surface area contributed by atoms with E-state index in [0.29, 0.717) is 0 Å². The van der Waals surface area contributed by atoms with E-state index in [4.69, 9.17) is 9.47 Å². The van der Waals surface area contributed by atoms with Gasteiger partial charge in [0.2, 0.25) is 0 Å². The van der Waals surface area contributed by atoms with Crippen molar-refractivity contribution < 1.29 is 9.47 Å². The smallest absolute Gasteiger partial charge is 0.119 e. The molecule has 3 nitrogen and oxygen atoms in total. The minimum atomic E-state index is 0.783. The maximum absolute atomic E-state index is 5.62. The zero-order valence-electron chi connectivity index (χ0n) is 12.3. The van der Waals surface area contributed by atoms with Crippen molar-refractivity contribution in [1.29, 1.82) is 0 Å². The average molecular weight is 265 g/mol. The van der Waals surface area contributed by atoms with Crippen LogP contribution in [0.25, 0.3) is 0 Å². The first-order chi connectivity index (χ1) is 9.36. The van der Waals surface area contributed by atoms with E-state index in [0.717, 1.165) is 57.9 Å². The second-order valence-electron chi connectivity index (χ2n) is 4.64. The second kappa shape index (κ2) is 10.8. The second-order valence-corrected chi connectivity index (χ2v) is 4.64. The number of hydrogen-bond acceptors (Lipinski definition) is 3. The van der Waals surface area contributed by atoms with Crippen molar-refractivity contribution in [2.45, 2.75) is 39.7 Å². The molecule has 0 spiro atoms. The zero-order chi connectivity index (χ0) is 13.8. The SMILES string of the molecule is CCCOCCCNCc1cccc(OCCC)c1. The molecule has 1 aromatic carbocycles. The fourth-order valence-corrected chi connectivity index (χ4v) is 1.74. The summed E-state index contributed by atoms with van der Waals surface area (Å²) in [6.45, 7) is 8.63. The molecule has 0 radical (unpaired) electrons. The Balaban J connectivity index is 2.14. The van der Waals surface area contributed by atoms with Crippen molar-refractivity contribution >= 4 is 0 Å². The van der Waals surface area contributed by atoms with Gasteiger partial charge in [-0.05, 0) is 43.5 Å². The van der Waals surface area contributed by atoms with Crippen molar-refractivity contribution in [3.8, 4) is 5.75 Å². The molecule has 108 valence electrons. The number of ether oxygens (including phenoxy) is 2. The predicted molar refractivity (Wildman–Crippen MR) is 79.7 cm³/mol. The molecule has 0 amide bonds. The van der Waals surface area contributed by atoms with Gasteiger partial charge < -0.3 is 14.8 Å². The van der Waals surface area contributed by atoms with E-state index < -0.39 is 0 Å². The topological polar surface area (TPSA) is 30.5 Å². The summed E-state index contributed by atoms with van der Waals surface area (Å²) < 4.78 is 11.1. The fourth-order valence-electron chi connectivity index (χ4n) is 1.74. The zero-order valence-corrected chi connectivity index (χ0v) is 12.3. The number of rotatable bonds is 11. The van der Waals surface area contributed by atoms with Crippen LogP contribution in [0.5, 0.6) is 5.75 Å². The molecule has 0 bridgehead atoms. The maximum atomic E-state index is 5.62. The van der Waals surface area contributed by atoms with Gasteiger partial charge in [-0.1, -0.05) is 26.0 Å². The monoisotopic (exact) mass is 265 g/mol. The van der Waals surface area contributed by atoms with Gasteiger partial charge in [0.15, 0.2) is 0 Å². The minimum Gasteiger partial charge on any atom is -0.494 e. The van der Waals surface area contributed by atoms with Crippen molar-refractivity contribution in [3.05, 3.63) is 29.8 Å². The molecule has 3 heteroatoms. The highest BCUT2D eigenvalue weighted by Gasteiger charge is 1.97. The number of nitrogens with one attached hydrogen (secondary N) is 1. The van der Waals surface area contributed by atoms with Gasteiger partial charge >= 0.3 is 0 Å². The Morgan fingerprint density at radius 3 is 2.68 bits per heavy atom. The summed E-state index contributed by atoms with van der Waals surface area (Å²) in [6.07, 6.45) is 3.20. The Morgan fingerprint density at radius 2 is 1.89 bits per heavy atom. The van der Waals surface area contributed by atoms with E-state index in [-0.39, 0.29) is 0 Å². The molecule has 0 saturated heterocycles. The highest BCUT2D eigenvalue weighted by molar-refractivity contribution is 5.28. The summed E-state index contributed by atoms with van der Waals surface area (Å²) in [5.74, 6) is 0.965. The highest BCUT2D eigenvalue weighted by atomic mass is 16.5. The summed E-state index contributed by atoms with van der Waals surface area (Å²) in [5, 5.41) is 3.43. The first-order valence-electron chi connectivity index (χ1n) is 7.37. The molecule has 0 aliphatic rings. The van der Waals surface area contributed by atoms with Gasteiger partial charge in [-0.2, -0.15) is 0 Å². The Bertz CT molecular complexity index is 328. The van der Waals surface area contributed by atoms with Crippen molar-refractivity contribution in [2.75, 3.05) is 26.4 Å². The van der Waals surface area contributed by atoms with Crippen LogP contribution < -0.4 is 10.1 Å². The van der Waals surface area contributed by atoms with Crippen LogP contribution in [0.3, 0.4) is 0 Å². The van der Waals surface area contributed by atoms with Crippen LogP contribution >= 0.6 is 0 Å². The lowest BCUT2D eigenvalue weighted by atomic mass is 10.2. The molecule has 1 aromatic rings. The molecular weight excluding hydrogens is 238 g/mol. The largest absolute Gasteiger partial charge is 0.494 e. The molecule has 0 aliphatic heterocycles. The van der Waals surface area contributed by atoms with E-state index in [9.17, 15) is 0 Å². The molecule has 0 atom stereocenters. The Labute approximate surface area is 117 Å². The lowest BCUT2D eigenvalue weighted by Gasteiger charge is -2.08. The molecule has 0 saturated carbocycles. The van der Waals surface area contributed by atoms with Crippen molar-refractivity contribution in [1.82, 2.24) is 5.32 Å². The van der Waals surface area contributed by atoms with E-state index in [1.165, 1.54) is 5.56 Å². The third-order valence-corrected chi connectivity index (χ3v) is 2.69. The minimum absolute atomic E-state index is 0.783. The van der Waals surface area contributed by atoms with E-state index in [2.05, 4.69) is 31.3 Å². The maximum Gasteiger partial charge on any atom is 0.119 e. The average Bonchev–Trinajstić information content (AvgIpc) is 2.44. The number of hydrogen-bond donors (Lipinski definition) is 1. The summed E-state index contributed by atoms with van der Waals surface area (Å²) in [7, 11) is 0. The molecular formula is C16H27NO2. The molecule has 0 aromatic heterocycles. The van der Waals surface area contributed by atoms with Gasteiger partial charge in [0.25, 0.3) is 0 Å². The lowest BCUT2D eigenvalue weighted by Crippen LogP contribution is -2.16. The van der Waals surface area contributed by atoms with Gasteiger partial charge in [0.1, 0.15) is 5.75 Å². The van der Waals surface area contributed by atoms with E-state index >= 15 is 0 Å². The molecule has 0 unspecified atom stereocenters. The summed E-state index contributed by atoms with van der Waals surface area (Å²) >= 11 is 0. The van der Waals surface area contributed by atoms with Crippen molar-refractivity contribution in [3.63, 3.8) is 0 Å². The third-order valence-electron chi connectivity index (χ3n) is 2.69. The van der Waals surface area contributed by atoms with Crippen LogP contribution in [0.4, 0.5) is 0 Å². The predicted octanol–water partition coefficient (Wildman–Crippen LogP) is 3.38. The normalized spacial score (nSPS) is 10.6. The van der Waals surface area contributed by atoms with Gasteiger partial charge in [-0.3, -0.25) is 0 Å². The van der Waals surface area contributed by atoms with Gasteiger partial charge in [0, 0.05) is 19.8 Å². The first kappa shape index (κ1) is 16.0. The lowest BCUT2D eigenvalue weighted by molar-refractivity contribution is 0.132. The van der Waals surface area contributed by atoms with Crippen LogP contribution in [-0.4, -0.2) is 26.4 Å². The molecule has 19 heavy (non-hydrogen) atoms. The molecule has 0 fully saturated rings. The van der Waals surface area contributed by atoms with Gasteiger partial charge in [-0.25, -0.2) is 0 Å². The fraction of sp³-hybridized carbons (Fsp3) is 0.625. The standard InChI is InChI=1S/C16H27NO2/c1-3-10-18-12-6-9-17-14-15-7-5-8-16(13-15)19-11-4-2/h5,7-8,13,17H,3-4,6,9-12,14H2,1-2H3. The molecule has 0 aliphatic carbocycles. The number of benzene rings is 1. The molecule has 1 N–H and O–H groups in total. The highest BCUT2D eigenvalue weighted by Crippen LogP contribution is 2.13. The summed E-state index contributed by atoms with van der Waals surface area (Å²) in [6, 6.07) is 8.29. The van der Waals surface area contributed by atoms with Crippen LogP contribution in [0.2, 0.25) is 0 Å². The van der Waals surface area contributed by atoms with Gasteiger partial charge in [0.05, 0.1) is 6.61 Å². The van der Waals surface area contributed by atoms with Gasteiger partial charge in [-0.15, -0.1) is 0 Å². The summed E-state index contributed by atoms with van der Waals surface area (Å²) in [5.41, 5.74) is 1.27. The third kappa shape index (κ3) is 7.85. The van der Waals surface area contributed by atoms with Crippen LogP contribution in [-0.2, 0) is 11.3 Å². The van der Waals surface area contributed by atoms with E-state index in [1.807, 2.05) is 12.1 Å². The Hall–Kier alpha value is -1.06. The van der Waals surface area contributed by atoms with E-state index in [1.54, 1.807) is 0 Å². The Morgan fingerprint density at radius 1 is 1.05 bits per heavy atom. The molecule has 1 rings (SSSR count). The quantitative estimate of drug-likeness (QED) is 0.622.